The molecule has 0 saturated carbocycles. The minimum atomic E-state index is -0.204. The molecule has 2 aromatic carbocycles. The Hall–Kier alpha value is -2.88. The van der Waals surface area contributed by atoms with Gasteiger partial charge >= 0.3 is 0 Å². The highest BCUT2D eigenvalue weighted by molar-refractivity contribution is 14.0. The van der Waals surface area contributed by atoms with Gasteiger partial charge in [-0.25, -0.2) is 4.39 Å². The van der Waals surface area contributed by atoms with Crippen LogP contribution in [0.4, 0.5) is 4.39 Å². The van der Waals surface area contributed by atoms with Gasteiger partial charge in [-0.2, -0.15) is 0 Å². The summed E-state index contributed by atoms with van der Waals surface area (Å²) in [7, 11) is 1.68. The van der Waals surface area contributed by atoms with E-state index in [0.717, 1.165) is 5.56 Å². The fourth-order valence-electron chi connectivity index (χ4n) is 2.93. The van der Waals surface area contributed by atoms with Crippen LogP contribution in [0.3, 0.4) is 0 Å². The third-order valence-electron chi connectivity index (χ3n) is 4.52. The number of carbonyl (C=O) groups is 1. The number of rotatable bonds is 8. The summed E-state index contributed by atoms with van der Waals surface area (Å²) in [6.07, 6.45) is 2.13. The zero-order chi connectivity index (χ0) is 21.2. The number of amides is 1. The van der Waals surface area contributed by atoms with Crippen LogP contribution in [0.5, 0.6) is 0 Å². The van der Waals surface area contributed by atoms with Gasteiger partial charge in [-0.05, 0) is 47.9 Å². The average molecular weight is 536 g/mol. The predicted molar refractivity (Wildman–Crippen MR) is 130 cm³/mol. The fraction of sp³-hybridized carbons (Fsp3) is 0.217. The first-order valence-electron chi connectivity index (χ1n) is 9.73. The van der Waals surface area contributed by atoms with Gasteiger partial charge in [-0.15, -0.1) is 24.0 Å². The van der Waals surface area contributed by atoms with Gasteiger partial charge in [0.05, 0.1) is 12.8 Å². The van der Waals surface area contributed by atoms with Gasteiger partial charge < -0.3 is 20.4 Å². The van der Waals surface area contributed by atoms with Crippen molar-refractivity contribution in [1.29, 1.82) is 0 Å². The van der Waals surface area contributed by atoms with Crippen LogP contribution >= 0.6 is 24.0 Å². The van der Waals surface area contributed by atoms with Crippen LogP contribution in [0.25, 0.3) is 0 Å². The molecule has 6 nitrogen and oxygen atoms in total. The first-order chi connectivity index (χ1) is 14.7. The summed E-state index contributed by atoms with van der Waals surface area (Å²) in [5.41, 5.74) is 2.18. The zero-order valence-corrected chi connectivity index (χ0v) is 19.6. The Morgan fingerprint density at radius 1 is 1.00 bits per heavy atom. The van der Waals surface area contributed by atoms with Gasteiger partial charge in [0, 0.05) is 25.7 Å². The first kappa shape index (κ1) is 24.4. The van der Waals surface area contributed by atoms with Crippen molar-refractivity contribution in [2.24, 2.45) is 4.99 Å². The Morgan fingerprint density at radius 2 is 1.84 bits per heavy atom. The van der Waals surface area contributed by atoms with Crippen molar-refractivity contribution in [1.82, 2.24) is 16.0 Å². The number of carbonyl (C=O) groups excluding carboxylic acids is 1. The van der Waals surface area contributed by atoms with E-state index in [-0.39, 0.29) is 35.7 Å². The molecule has 0 spiro atoms. The van der Waals surface area contributed by atoms with E-state index >= 15 is 0 Å². The lowest BCUT2D eigenvalue weighted by Crippen LogP contribution is -2.38. The van der Waals surface area contributed by atoms with Crippen LogP contribution in [0.1, 0.15) is 27.2 Å². The largest absolute Gasteiger partial charge is 0.467 e. The third-order valence-corrected chi connectivity index (χ3v) is 4.52. The van der Waals surface area contributed by atoms with Crippen LogP contribution in [0, 0.1) is 5.82 Å². The molecule has 1 amide bonds. The summed E-state index contributed by atoms with van der Waals surface area (Å²) >= 11 is 0. The van der Waals surface area contributed by atoms with Crippen LogP contribution in [-0.2, 0) is 19.5 Å². The Bertz CT molecular complexity index is 993. The maximum absolute atomic E-state index is 13.7. The molecule has 1 aromatic heterocycles. The number of hydrogen-bond acceptors (Lipinski definition) is 3. The molecule has 0 unspecified atom stereocenters. The van der Waals surface area contributed by atoms with E-state index in [2.05, 4.69) is 20.9 Å². The van der Waals surface area contributed by atoms with Crippen LogP contribution in [0.15, 0.2) is 76.3 Å². The first-order valence-corrected chi connectivity index (χ1v) is 9.73. The SMILES string of the molecule is CN=C(NCCc1ccccc1F)NCc1cccc(C(=O)NCc2ccco2)c1.I. The Kier molecular flexibility index (Phi) is 10.0. The third kappa shape index (κ3) is 7.71. The molecular weight excluding hydrogens is 510 g/mol. The number of guanidine groups is 1. The lowest BCUT2D eigenvalue weighted by molar-refractivity contribution is 0.0948. The maximum atomic E-state index is 13.7. The predicted octanol–water partition coefficient (Wildman–Crippen LogP) is 3.87. The minimum absolute atomic E-state index is 0. The van der Waals surface area contributed by atoms with Crippen molar-refractivity contribution in [3.8, 4) is 0 Å². The Balaban J connectivity index is 0.00000341. The number of benzene rings is 2. The highest BCUT2D eigenvalue weighted by atomic mass is 127. The van der Waals surface area contributed by atoms with Gasteiger partial charge in [0.15, 0.2) is 5.96 Å². The van der Waals surface area contributed by atoms with E-state index in [4.69, 9.17) is 4.42 Å². The number of nitrogens with zero attached hydrogens (tertiary/aromatic N) is 1. The highest BCUT2D eigenvalue weighted by Crippen LogP contribution is 2.07. The number of halogens is 2. The summed E-state index contributed by atoms with van der Waals surface area (Å²) in [6, 6.07) is 17.7. The monoisotopic (exact) mass is 536 g/mol. The van der Waals surface area contributed by atoms with Crippen molar-refractivity contribution >= 4 is 35.8 Å². The molecule has 8 heteroatoms. The van der Waals surface area contributed by atoms with Gasteiger partial charge in [0.1, 0.15) is 11.6 Å². The number of aliphatic imine (C=N–C) groups is 1. The Morgan fingerprint density at radius 3 is 2.58 bits per heavy atom. The number of furan rings is 1. The zero-order valence-electron chi connectivity index (χ0n) is 17.2. The molecule has 0 saturated heterocycles. The molecule has 0 aliphatic heterocycles. The molecule has 0 radical (unpaired) electrons. The van der Waals surface area contributed by atoms with E-state index < -0.39 is 0 Å². The fourth-order valence-corrected chi connectivity index (χ4v) is 2.93. The average Bonchev–Trinajstić information content (AvgIpc) is 3.29. The lowest BCUT2D eigenvalue weighted by atomic mass is 10.1. The second-order valence-corrected chi connectivity index (χ2v) is 6.66. The molecule has 0 aliphatic carbocycles. The van der Waals surface area contributed by atoms with Crippen molar-refractivity contribution in [3.05, 3.63) is 95.2 Å². The van der Waals surface area contributed by atoms with E-state index in [0.29, 0.717) is 48.9 Å². The number of nitrogens with one attached hydrogen (secondary N) is 3. The van der Waals surface area contributed by atoms with Crippen LogP contribution < -0.4 is 16.0 Å². The molecule has 3 rings (SSSR count). The number of hydrogen-bond donors (Lipinski definition) is 3. The smallest absolute Gasteiger partial charge is 0.251 e. The van der Waals surface area contributed by atoms with E-state index in [1.54, 1.807) is 37.6 Å². The molecule has 0 aliphatic rings. The lowest BCUT2D eigenvalue weighted by Gasteiger charge is -2.13. The Labute approximate surface area is 198 Å². The van der Waals surface area contributed by atoms with Crippen LogP contribution in [-0.4, -0.2) is 25.5 Å². The molecular formula is C23H26FIN4O2. The van der Waals surface area contributed by atoms with E-state index in [1.807, 2.05) is 30.3 Å². The molecule has 0 fully saturated rings. The summed E-state index contributed by atoms with van der Waals surface area (Å²) < 4.78 is 18.9. The summed E-state index contributed by atoms with van der Waals surface area (Å²) in [4.78, 5) is 16.5. The highest BCUT2D eigenvalue weighted by Gasteiger charge is 2.08. The van der Waals surface area contributed by atoms with E-state index in [1.165, 1.54) is 6.07 Å². The topological polar surface area (TPSA) is 78.7 Å². The molecule has 3 aromatic rings. The summed E-state index contributed by atoms with van der Waals surface area (Å²) in [5.74, 6) is 0.940. The molecule has 0 bridgehead atoms. The van der Waals surface area contributed by atoms with E-state index in [9.17, 15) is 9.18 Å². The van der Waals surface area contributed by atoms with Gasteiger partial charge in [0.2, 0.25) is 0 Å². The maximum Gasteiger partial charge on any atom is 0.251 e. The van der Waals surface area contributed by atoms with Crippen LogP contribution in [0.2, 0.25) is 0 Å². The molecule has 31 heavy (non-hydrogen) atoms. The molecule has 0 atom stereocenters. The van der Waals surface area contributed by atoms with Gasteiger partial charge in [-0.3, -0.25) is 9.79 Å². The molecule has 164 valence electrons. The second kappa shape index (κ2) is 12.7. The molecule has 3 N–H and O–H groups in total. The van der Waals surface area contributed by atoms with Gasteiger partial charge in [0.25, 0.3) is 5.91 Å². The van der Waals surface area contributed by atoms with Crippen molar-refractivity contribution in [2.75, 3.05) is 13.6 Å². The summed E-state index contributed by atoms with van der Waals surface area (Å²) in [5, 5.41) is 9.21. The summed E-state index contributed by atoms with van der Waals surface area (Å²) in [6.45, 7) is 1.39. The minimum Gasteiger partial charge on any atom is -0.467 e. The van der Waals surface area contributed by atoms with Crippen molar-refractivity contribution in [3.63, 3.8) is 0 Å². The van der Waals surface area contributed by atoms with Gasteiger partial charge in [-0.1, -0.05) is 30.3 Å². The quantitative estimate of drug-likeness (QED) is 0.232. The second-order valence-electron chi connectivity index (χ2n) is 6.66. The van der Waals surface area contributed by atoms with Crippen molar-refractivity contribution < 1.29 is 13.6 Å². The normalized spacial score (nSPS) is 10.8. The van der Waals surface area contributed by atoms with Crippen molar-refractivity contribution in [2.45, 2.75) is 19.5 Å². The standard InChI is InChI=1S/C23H25FN4O2.HI/c1-25-23(26-12-11-18-7-2-3-10-21(18)24)28-15-17-6-4-8-19(14-17)22(29)27-16-20-9-5-13-30-20;/h2-10,13-14H,11-12,15-16H2,1H3,(H,27,29)(H2,25,26,28);1H. The molecule has 1 heterocycles.